The molecule has 0 saturated heterocycles. The normalized spacial score (nSPS) is 13.1. The first-order valence-corrected chi connectivity index (χ1v) is 7.58. The van der Waals surface area contributed by atoms with Crippen molar-refractivity contribution in [3.63, 3.8) is 0 Å². The summed E-state index contributed by atoms with van der Waals surface area (Å²) in [6.45, 7) is 4.16. The lowest BCUT2D eigenvalue weighted by molar-refractivity contribution is 0.659. The second kappa shape index (κ2) is 5.66. The van der Waals surface area contributed by atoms with Crippen LogP contribution >= 0.6 is 0 Å². The van der Waals surface area contributed by atoms with Gasteiger partial charge in [-0.2, -0.15) is 5.10 Å². The number of hydrogen-bond donors (Lipinski definition) is 2. The van der Waals surface area contributed by atoms with E-state index >= 15 is 0 Å². The Hall–Kier alpha value is -3.41. The Morgan fingerprint density at radius 3 is 2.79 bits per heavy atom. The van der Waals surface area contributed by atoms with E-state index in [1.54, 1.807) is 10.9 Å². The van der Waals surface area contributed by atoms with Crippen LogP contribution < -0.4 is 11.2 Å². The first kappa shape index (κ1) is 14.2. The largest absolute Gasteiger partial charge is 0.401 e. The summed E-state index contributed by atoms with van der Waals surface area (Å²) in [5.41, 5.74) is 15.1. The molecule has 6 heteroatoms. The molecule has 0 fully saturated rings. The van der Waals surface area contributed by atoms with Gasteiger partial charge in [-0.25, -0.2) is 4.68 Å². The van der Waals surface area contributed by atoms with Crippen molar-refractivity contribution in [2.75, 3.05) is 5.43 Å². The summed E-state index contributed by atoms with van der Waals surface area (Å²) in [6, 6.07) is 14.2. The molecule has 0 spiro atoms. The van der Waals surface area contributed by atoms with E-state index in [1.807, 2.05) is 36.4 Å². The van der Waals surface area contributed by atoms with Crippen LogP contribution in [-0.2, 0) is 6.54 Å². The summed E-state index contributed by atoms with van der Waals surface area (Å²) >= 11 is 0. The lowest BCUT2D eigenvalue weighted by Gasteiger charge is -2.13. The van der Waals surface area contributed by atoms with Gasteiger partial charge in [0.1, 0.15) is 11.0 Å². The zero-order valence-corrected chi connectivity index (χ0v) is 13.0. The smallest absolute Gasteiger partial charge is 0.115 e. The van der Waals surface area contributed by atoms with Gasteiger partial charge in [0.2, 0.25) is 0 Å². The van der Waals surface area contributed by atoms with Crippen LogP contribution in [0.4, 0.5) is 5.69 Å². The first-order chi connectivity index (χ1) is 11.7. The average molecular weight is 316 g/mol. The van der Waals surface area contributed by atoms with Crippen LogP contribution in [0, 0.1) is 0 Å². The minimum Gasteiger partial charge on any atom is -0.401 e. The monoisotopic (exact) mass is 316 g/mol. The maximum atomic E-state index is 5.76. The van der Waals surface area contributed by atoms with Gasteiger partial charge in [-0.15, -0.1) is 5.10 Å². The Balaban J connectivity index is 1.96. The summed E-state index contributed by atoms with van der Waals surface area (Å²) in [7, 11) is 0. The van der Waals surface area contributed by atoms with Crippen molar-refractivity contribution in [1.82, 2.24) is 15.0 Å². The van der Waals surface area contributed by atoms with E-state index in [4.69, 9.17) is 5.73 Å². The Labute approximate surface area is 139 Å². The van der Waals surface area contributed by atoms with Crippen molar-refractivity contribution in [3.05, 3.63) is 71.9 Å². The molecule has 2 aromatic carbocycles. The molecule has 0 aliphatic carbocycles. The summed E-state index contributed by atoms with van der Waals surface area (Å²) in [5.74, 6) is 0. The van der Waals surface area contributed by atoms with E-state index in [0.717, 1.165) is 33.4 Å². The second-order valence-corrected chi connectivity index (χ2v) is 5.60. The van der Waals surface area contributed by atoms with E-state index < -0.39 is 0 Å². The molecule has 3 N–H and O–H groups in total. The molecule has 4 rings (SSSR count). The minimum absolute atomic E-state index is 0.405. The van der Waals surface area contributed by atoms with Gasteiger partial charge in [-0.3, -0.25) is 5.43 Å². The highest BCUT2D eigenvalue weighted by atomic mass is 15.4. The summed E-state index contributed by atoms with van der Waals surface area (Å²) in [6.07, 6.45) is 3.75. The Bertz CT molecular complexity index is 981. The second-order valence-electron chi connectivity index (χ2n) is 5.60. The van der Waals surface area contributed by atoms with E-state index in [-0.39, 0.29) is 0 Å². The third kappa shape index (κ3) is 2.34. The van der Waals surface area contributed by atoms with Crippen LogP contribution in [0.25, 0.3) is 16.6 Å². The molecule has 0 bridgehead atoms. The number of fused-ring (bicyclic) bond motifs is 3. The standard InChI is InChI=1S/C18H16N6/c1-12(19)11-24-18-16(21-23-24)8-7-15-14(9-10-20-22-17(15)18)13-5-3-2-4-6-13/h2-10,22H,1,11,19H2. The first-order valence-electron chi connectivity index (χ1n) is 7.58. The number of nitrogens with zero attached hydrogens (tertiary/aromatic N) is 4. The van der Waals surface area contributed by atoms with Crippen LogP contribution in [0.2, 0.25) is 0 Å². The molecule has 0 unspecified atom stereocenters. The average Bonchev–Trinajstić information content (AvgIpc) is 2.86. The molecule has 2 heterocycles. The van der Waals surface area contributed by atoms with Gasteiger partial charge in [0, 0.05) is 17.5 Å². The van der Waals surface area contributed by atoms with Gasteiger partial charge in [0.25, 0.3) is 0 Å². The molecule has 0 atom stereocenters. The van der Waals surface area contributed by atoms with Crippen LogP contribution in [0.5, 0.6) is 0 Å². The number of benzene rings is 2. The minimum atomic E-state index is 0.405. The molecule has 0 amide bonds. The number of aromatic nitrogens is 3. The Morgan fingerprint density at radius 2 is 2.00 bits per heavy atom. The number of hydrazone groups is 1. The maximum absolute atomic E-state index is 5.76. The van der Waals surface area contributed by atoms with Crippen molar-refractivity contribution in [2.24, 2.45) is 10.8 Å². The molecule has 0 saturated carbocycles. The van der Waals surface area contributed by atoms with E-state index in [1.165, 1.54) is 0 Å². The molecule has 1 aliphatic heterocycles. The number of nitrogens with two attached hydrogens (primary N) is 1. The SMILES string of the molecule is C=C(N)Cn1nnc2ccc3c(c21)NN=CC=C3c1ccccc1. The zero-order chi connectivity index (χ0) is 16.5. The third-order valence-corrected chi connectivity index (χ3v) is 3.90. The lowest BCUT2D eigenvalue weighted by atomic mass is 9.96. The van der Waals surface area contributed by atoms with Crippen LogP contribution in [0.15, 0.2) is 65.9 Å². The molecule has 24 heavy (non-hydrogen) atoms. The predicted molar refractivity (Wildman–Crippen MR) is 96.5 cm³/mol. The number of rotatable bonds is 3. The molecular formula is C18H16N6. The highest BCUT2D eigenvalue weighted by Gasteiger charge is 2.18. The summed E-state index contributed by atoms with van der Waals surface area (Å²) in [5, 5.41) is 12.7. The number of anilines is 1. The van der Waals surface area contributed by atoms with Crippen LogP contribution in [0.3, 0.4) is 0 Å². The Morgan fingerprint density at radius 1 is 1.17 bits per heavy atom. The van der Waals surface area contributed by atoms with Gasteiger partial charge >= 0.3 is 0 Å². The third-order valence-electron chi connectivity index (χ3n) is 3.90. The van der Waals surface area contributed by atoms with Crippen LogP contribution in [-0.4, -0.2) is 21.2 Å². The summed E-state index contributed by atoms with van der Waals surface area (Å²) in [4.78, 5) is 0. The lowest BCUT2D eigenvalue weighted by Crippen LogP contribution is -2.09. The van der Waals surface area contributed by atoms with E-state index in [0.29, 0.717) is 12.2 Å². The van der Waals surface area contributed by atoms with Gasteiger partial charge in [-0.05, 0) is 29.3 Å². The number of allylic oxidation sites excluding steroid dienone is 2. The highest BCUT2D eigenvalue weighted by molar-refractivity contribution is 6.03. The zero-order valence-electron chi connectivity index (χ0n) is 13.0. The van der Waals surface area contributed by atoms with Crippen molar-refractivity contribution in [3.8, 4) is 0 Å². The van der Waals surface area contributed by atoms with Gasteiger partial charge in [-0.1, -0.05) is 42.1 Å². The maximum Gasteiger partial charge on any atom is 0.115 e. The topological polar surface area (TPSA) is 81.1 Å². The fraction of sp³-hybridized carbons (Fsp3) is 0.0556. The highest BCUT2D eigenvalue weighted by Crippen LogP contribution is 2.35. The fourth-order valence-corrected chi connectivity index (χ4v) is 2.88. The number of nitrogens with one attached hydrogen (secondary N) is 1. The molecule has 0 radical (unpaired) electrons. The molecule has 3 aromatic rings. The predicted octanol–water partition coefficient (Wildman–Crippen LogP) is 2.75. The molecule has 1 aromatic heterocycles. The quantitative estimate of drug-likeness (QED) is 0.778. The summed E-state index contributed by atoms with van der Waals surface area (Å²) < 4.78 is 1.74. The van der Waals surface area contributed by atoms with Crippen molar-refractivity contribution in [1.29, 1.82) is 0 Å². The van der Waals surface area contributed by atoms with Crippen molar-refractivity contribution < 1.29 is 0 Å². The fourth-order valence-electron chi connectivity index (χ4n) is 2.88. The molecule has 1 aliphatic rings. The Kier molecular flexibility index (Phi) is 3.35. The molecule has 6 nitrogen and oxygen atoms in total. The van der Waals surface area contributed by atoms with E-state index in [2.05, 4.69) is 39.6 Å². The van der Waals surface area contributed by atoms with Gasteiger partial charge < -0.3 is 5.73 Å². The van der Waals surface area contributed by atoms with Crippen molar-refractivity contribution in [2.45, 2.75) is 6.54 Å². The molecular weight excluding hydrogens is 300 g/mol. The van der Waals surface area contributed by atoms with Gasteiger partial charge in [0.05, 0.1) is 12.2 Å². The van der Waals surface area contributed by atoms with E-state index in [9.17, 15) is 0 Å². The molecule has 118 valence electrons. The number of hydrogen-bond acceptors (Lipinski definition) is 5. The van der Waals surface area contributed by atoms with Gasteiger partial charge in [0.15, 0.2) is 0 Å². The van der Waals surface area contributed by atoms with Crippen LogP contribution in [0.1, 0.15) is 11.1 Å². The van der Waals surface area contributed by atoms with Crippen molar-refractivity contribution >= 4 is 28.5 Å².